The van der Waals surface area contributed by atoms with Crippen molar-refractivity contribution >= 4 is 58.7 Å². The number of nitrogens with zero attached hydrogens (tertiary/aromatic N) is 4. The average molecular weight is 734 g/mol. The van der Waals surface area contributed by atoms with Crippen molar-refractivity contribution in [3.05, 3.63) is 0 Å². The van der Waals surface area contributed by atoms with E-state index in [9.17, 15) is 14.4 Å². The zero-order valence-corrected chi connectivity index (χ0v) is 35.6. The number of rotatable bonds is 5. The Kier molecular flexibility index (Phi) is 18.5. The molecule has 1 amide bonds. The summed E-state index contributed by atoms with van der Waals surface area (Å²) in [4.78, 5) is 43.4. The van der Waals surface area contributed by atoms with Crippen LogP contribution in [-0.4, -0.2) is 108 Å². The number of aliphatic carboxylic acids is 1. The van der Waals surface area contributed by atoms with Gasteiger partial charge in [0.25, 0.3) is 5.91 Å². The normalized spacial score (nSPS) is 28.2. The fraction of sp³-hybridized carbons (Fsp3) is 0.903. The minimum absolute atomic E-state index is 0. The van der Waals surface area contributed by atoms with E-state index in [0.29, 0.717) is 0 Å². The summed E-state index contributed by atoms with van der Waals surface area (Å²) < 4.78 is 5.95. The van der Waals surface area contributed by atoms with Gasteiger partial charge in [-0.05, 0) is 32.5 Å². The Balaban J connectivity index is 0. The number of hydrogen-bond donors (Lipinski definition) is 2. The predicted molar refractivity (Wildman–Crippen MR) is 200 cm³/mol. The molecule has 0 radical (unpaired) electrons. The van der Waals surface area contributed by atoms with Crippen LogP contribution in [0.15, 0.2) is 0 Å². The van der Waals surface area contributed by atoms with Crippen molar-refractivity contribution in [2.45, 2.75) is 101 Å². The molecule has 6 atom stereocenters. The van der Waals surface area contributed by atoms with Crippen molar-refractivity contribution in [3.63, 3.8) is 0 Å². The third-order valence-electron chi connectivity index (χ3n) is 11.5. The van der Waals surface area contributed by atoms with Gasteiger partial charge in [-0.2, -0.15) is 0 Å². The number of hydroxylamine groups is 3. The summed E-state index contributed by atoms with van der Waals surface area (Å²) in [6.45, 7) is 28.4. The standard InChI is InChI=1S/C11H23N2O2P.C9H18NO2P.C9H18NOP.C2H7NO.ClH/c1-10(2)7-13(16)8(11(10,3)4)9(14)12(5)15-6;1-8(2)5-10(13)6(7(11)12)9(8,3)4;1-8(2)6-10(12)7(5-11)9(8,3)4;1-3-4-2;/h8H,7,16H2,1-6H3;6H,5,13H2,1-4H3,(H,11,12);5,7H,6,12H2,1-4H3;3H,1-2H3;1H/t8-;6-;7-;;/m111../s1. The summed E-state index contributed by atoms with van der Waals surface area (Å²) >= 11 is 0. The van der Waals surface area contributed by atoms with E-state index in [0.717, 1.165) is 25.9 Å². The summed E-state index contributed by atoms with van der Waals surface area (Å²) in [7, 11) is 14.3. The summed E-state index contributed by atoms with van der Waals surface area (Å²) in [6, 6.07) is -0.512. The highest BCUT2D eigenvalue weighted by atomic mass is 35.5. The molecule has 3 fully saturated rings. The Bertz CT molecular complexity index is 1010. The molecule has 274 valence electrons. The number of likely N-dealkylation sites (N-methyl/N-ethyl adjacent to an activating group) is 1. The molecule has 3 rings (SSSR count). The third-order valence-corrected chi connectivity index (χ3v) is 12.9. The van der Waals surface area contributed by atoms with Crippen LogP contribution in [0.1, 0.15) is 83.1 Å². The maximum Gasteiger partial charge on any atom is 0.321 e. The molecule has 15 heteroatoms. The van der Waals surface area contributed by atoms with Crippen LogP contribution in [-0.2, 0) is 24.1 Å². The molecule has 3 aliphatic rings. The van der Waals surface area contributed by atoms with E-state index < -0.39 is 12.0 Å². The number of halogens is 1. The van der Waals surface area contributed by atoms with Crippen LogP contribution < -0.4 is 5.48 Å². The van der Waals surface area contributed by atoms with Gasteiger partial charge in [0, 0.05) is 33.7 Å². The van der Waals surface area contributed by atoms with Crippen molar-refractivity contribution in [1.29, 1.82) is 0 Å². The van der Waals surface area contributed by atoms with E-state index in [-0.39, 0.29) is 62.9 Å². The van der Waals surface area contributed by atoms with Gasteiger partial charge in [0.05, 0.1) is 20.3 Å². The van der Waals surface area contributed by atoms with Gasteiger partial charge in [0.2, 0.25) is 0 Å². The molecular formula is C31H67ClN5O6P3. The maximum absolute atomic E-state index is 12.2. The fourth-order valence-electron chi connectivity index (χ4n) is 6.06. The zero-order valence-electron chi connectivity index (χ0n) is 31.3. The van der Waals surface area contributed by atoms with Crippen molar-refractivity contribution < 1.29 is 29.2 Å². The Morgan fingerprint density at radius 3 is 1.26 bits per heavy atom. The van der Waals surface area contributed by atoms with Gasteiger partial charge in [-0.3, -0.25) is 28.4 Å². The van der Waals surface area contributed by atoms with Crippen LogP contribution in [0.3, 0.4) is 0 Å². The Morgan fingerprint density at radius 2 is 1.09 bits per heavy atom. The molecule has 0 saturated carbocycles. The molecule has 0 bridgehead atoms. The molecule has 3 saturated heterocycles. The number of carbonyl (C=O) groups is 3. The first-order valence-electron chi connectivity index (χ1n) is 15.3. The molecule has 0 aromatic carbocycles. The molecule has 3 unspecified atom stereocenters. The summed E-state index contributed by atoms with van der Waals surface area (Å²) in [5.74, 6) is -0.723. The molecule has 0 aliphatic carbocycles. The van der Waals surface area contributed by atoms with Gasteiger partial charge in [-0.15, -0.1) is 12.4 Å². The van der Waals surface area contributed by atoms with Crippen LogP contribution in [0.2, 0.25) is 0 Å². The van der Waals surface area contributed by atoms with Crippen LogP contribution in [0.4, 0.5) is 0 Å². The van der Waals surface area contributed by atoms with E-state index in [1.54, 1.807) is 21.2 Å². The van der Waals surface area contributed by atoms with Gasteiger partial charge >= 0.3 is 5.97 Å². The molecule has 3 aliphatic heterocycles. The summed E-state index contributed by atoms with van der Waals surface area (Å²) in [5.41, 5.74) is 2.57. The second-order valence-corrected chi connectivity index (χ2v) is 18.0. The van der Waals surface area contributed by atoms with Crippen LogP contribution in [0.5, 0.6) is 0 Å². The third kappa shape index (κ3) is 10.2. The quantitative estimate of drug-likeness (QED) is 0.227. The fourth-order valence-corrected chi connectivity index (χ4v) is 8.87. The van der Waals surface area contributed by atoms with Crippen molar-refractivity contribution in [3.8, 4) is 0 Å². The number of carboxylic acids is 1. The lowest BCUT2D eigenvalue weighted by molar-refractivity contribution is -0.175. The van der Waals surface area contributed by atoms with Gasteiger partial charge in [-0.1, -0.05) is 111 Å². The number of hydrogen-bond acceptors (Lipinski definition) is 9. The lowest BCUT2D eigenvalue weighted by Gasteiger charge is -2.38. The van der Waals surface area contributed by atoms with E-state index >= 15 is 0 Å². The molecule has 46 heavy (non-hydrogen) atoms. The minimum atomic E-state index is -0.731. The first-order valence-corrected chi connectivity index (χ1v) is 16.9. The zero-order chi connectivity index (χ0) is 36.1. The Labute approximate surface area is 293 Å². The van der Waals surface area contributed by atoms with Gasteiger partial charge in [0.15, 0.2) is 0 Å². The number of aldehydes is 1. The minimum Gasteiger partial charge on any atom is -0.480 e. The molecule has 0 aromatic rings. The highest BCUT2D eigenvalue weighted by Crippen LogP contribution is 2.52. The van der Waals surface area contributed by atoms with Crippen molar-refractivity contribution in [1.82, 2.24) is 24.6 Å². The first-order chi connectivity index (χ1) is 20.1. The topological polar surface area (TPSA) is 115 Å². The lowest BCUT2D eigenvalue weighted by Crippen LogP contribution is -2.48. The van der Waals surface area contributed by atoms with Crippen LogP contribution in [0.25, 0.3) is 0 Å². The lowest BCUT2D eigenvalue weighted by atomic mass is 9.67. The first kappa shape index (κ1) is 48.1. The molecule has 2 N–H and O–H groups in total. The summed E-state index contributed by atoms with van der Waals surface area (Å²) in [6.07, 6.45) is 1.06. The van der Waals surface area contributed by atoms with Gasteiger partial charge in [-0.25, -0.2) is 10.5 Å². The number of carboxylic acid groups (broad SMARTS) is 1. The Hall–Kier alpha value is -0.0500. The second-order valence-electron chi connectivity index (χ2n) is 16.0. The van der Waals surface area contributed by atoms with Crippen LogP contribution in [0, 0.1) is 32.5 Å². The molecule has 11 nitrogen and oxygen atoms in total. The van der Waals surface area contributed by atoms with E-state index in [1.165, 1.54) is 12.2 Å². The molecular weight excluding hydrogens is 667 g/mol. The van der Waals surface area contributed by atoms with E-state index in [1.807, 2.05) is 23.2 Å². The van der Waals surface area contributed by atoms with Crippen molar-refractivity contribution in [2.75, 3.05) is 47.9 Å². The Morgan fingerprint density at radius 1 is 0.761 bits per heavy atom. The number of amides is 1. The SMILES string of the molecule is CC1(C)CN(P)[C@H](C(=O)O)C1(C)C.CC1(C)CN(P)[C@H](C=O)C1(C)C.CNOC.CON(C)C(=O)[C@H]1N(P)CC(C)(C)C1(C)C.Cl. The smallest absolute Gasteiger partial charge is 0.321 e. The molecule has 0 aromatic heterocycles. The van der Waals surface area contributed by atoms with E-state index in [4.69, 9.17) is 9.94 Å². The number of carbonyl (C=O) groups excluding carboxylic acids is 2. The van der Waals surface area contributed by atoms with Gasteiger partial charge < -0.3 is 14.7 Å². The average Bonchev–Trinajstić information content (AvgIpc) is 3.23. The second kappa shape index (κ2) is 17.7. The number of nitrogens with one attached hydrogen (secondary N) is 1. The molecule has 0 spiro atoms. The van der Waals surface area contributed by atoms with Gasteiger partial charge in [0.1, 0.15) is 18.4 Å². The largest absolute Gasteiger partial charge is 0.480 e. The van der Waals surface area contributed by atoms with Crippen molar-refractivity contribution in [2.24, 2.45) is 32.5 Å². The summed E-state index contributed by atoms with van der Waals surface area (Å²) in [5, 5.41) is 10.4. The highest BCUT2D eigenvalue weighted by molar-refractivity contribution is 7.13. The molecule has 3 heterocycles. The monoisotopic (exact) mass is 733 g/mol. The van der Waals surface area contributed by atoms with Crippen LogP contribution >= 0.6 is 40.6 Å². The predicted octanol–water partition coefficient (Wildman–Crippen LogP) is 5.03. The highest BCUT2D eigenvalue weighted by Gasteiger charge is 2.56. The maximum atomic E-state index is 12.2. The van der Waals surface area contributed by atoms with E-state index in [2.05, 4.69) is 112 Å².